The van der Waals surface area contributed by atoms with Crippen molar-refractivity contribution in [3.05, 3.63) is 51.0 Å². The summed E-state index contributed by atoms with van der Waals surface area (Å²) in [4.78, 5) is 6.86. The fourth-order valence-electron chi connectivity index (χ4n) is 2.42. The average molecular weight is 424 g/mol. The molecule has 0 bridgehead atoms. The predicted molar refractivity (Wildman–Crippen MR) is 111 cm³/mol. The molecule has 0 saturated carbocycles. The molecule has 25 heavy (non-hydrogen) atoms. The molecule has 0 aliphatic rings. The van der Waals surface area contributed by atoms with Gasteiger partial charge in [-0.25, -0.2) is 4.99 Å². The van der Waals surface area contributed by atoms with Gasteiger partial charge in [0.15, 0.2) is 0 Å². The summed E-state index contributed by atoms with van der Waals surface area (Å²) in [6.07, 6.45) is 3.04. The molecule has 5 heteroatoms. The maximum Gasteiger partial charge on any atom is 0.130 e. The van der Waals surface area contributed by atoms with Gasteiger partial charge in [-0.1, -0.05) is 18.5 Å². The Balaban J connectivity index is 2.21. The van der Waals surface area contributed by atoms with Crippen molar-refractivity contribution in [2.75, 3.05) is 13.1 Å². The first-order valence-corrected chi connectivity index (χ1v) is 9.64. The topological polar surface area (TPSA) is 24.8 Å². The lowest BCUT2D eigenvalue weighted by molar-refractivity contribution is 0.452. The van der Waals surface area contributed by atoms with Crippen LogP contribution in [0.4, 0.5) is 5.69 Å². The lowest BCUT2D eigenvalue weighted by Gasteiger charge is -2.16. The van der Waals surface area contributed by atoms with E-state index in [0.29, 0.717) is 10.8 Å². The smallest absolute Gasteiger partial charge is 0.130 e. The van der Waals surface area contributed by atoms with Gasteiger partial charge in [0.2, 0.25) is 0 Å². The summed E-state index contributed by atoms with van der Waals surface area (Å²) in [7, 11) is 0. The van der Waals surface area contributed by atoms with Crippen molar-refractivity contribution in [2.45, 2.75) is 34.1 Å². The van der Waals surface area contributed by atoms with E-state index in [1.54, 1.807) is 6.07 Å². The van der Waals surface area contributed by atoms with Crippen LogP contribution >= 0.6 is 27.5 Å². The first-order chi connectivity index (χ1) is 11.9. The summed E-state index contributed by atoms with van der Waals surface area (Å²) in [5, 5.41) is 0.628. The normalized spacial score (nSPS) is 11.1. The van der Waals surface area contributed by atoms with Crippen molar-refractivity contribution in [3.8, 4) is 11.5 Å². The second-order valence-corrected chi connectivity index (χ2v) is 7.22. The van der Waals surface area contributed by atoms with Crippen molar-refractivity contribution < 1.29 is 4.74 Å². The highest BCUT2D eigenvalue weighted by atomic mass is 79.9. The predicted octanol–water partition coefficient (Wildman–Crippen LogP) is 6.90. The van der Waals surface area contributed by atoms with Gasteiger partial charge in [-0.15, -0.1) is 0 Å². The highest BCUT2D eigenvalue weighted by Crippen LogP contribution is 2.34. The molecule has 2 aromatic rings. The molecule has 0 amide bonds. The van der Waals surface area contributed by atoms with Crippen LogP contribution in [0.3, 0.4) is 0 Å². The van der Waals surface area contributed by atoms with Gasteiger partial charge < -0.3 is 9.64 Å². The van der Waals surface area contributed by atoms with E-state index in [0.717, 1.165) is 46.5 Å². The largest absolute Gasteiger partial charge is 0.457 e. The van der Waals surface area contributed by atoms with Gasteiger partial charge in [0, 0.05) is 23.6 Å². The van der Waals surface area contributed by atoms with Crippen LogP contribution < -0.4 is 4.74 Å². The highest BCUT2D eigenvalue weighted by molar-refractivity contribution is 9.10. The molecule has 0 saturated heterocycles. The van der Waals surface area contributed by atoms with Gasteiger partial charge in [0.25, 0.3) is 0 Å². The minimum Gasteiger partial charge on any atom is -0.457 e. The van der Waals surface area contributed by atoms with Gasteiger partial charge in [0.05, 0.1) is 17.0 Å². The molecule has 0 N–H and O–H groups in total. The Kier molecular flexibility index (Phi) is 7.33. The molecule has 0 atom stereocenters. The summed E-state index contributed by atoms with van der Waals surface area (Å²) in [5.74, 6) is 1.53. The molecule has 0 heterocycles. The van der Waals surface area contributed by atoms with E-state index in [1.165, 1.54) is 0 Å². The molecule has 3 nitrogen and oxygen atoms in total. The van der Waals surface area contributed by atoms with E-state index >= 15 is 0 Å². The quantitative estimate of drug-likeness (QED) is 0.357. The molecule has 0 aromatic heterocycles. The molecule has 134 valence electrons. The van der Waals surface area contributed by atoms with Gasteiger partial charge in [-0.3, -0.25) is 0 Å². The third kappa shape index (κ3) is 5.48. The molecule has 0 fully saturated rings. The zero-order valence-corrected chi connectivity index (χ0v) is 17.5. The number of benzene rings is 2. The van der Waals surface area contributed by atoms with Crippen molar-refractivity contribution >= 4 is 39.6 Å². The summed E-state index contributed by atoms with van der Waals surface area (Å²) in [6.45, 7) is 10.4. The molecular weight excluding hydrogens is 400 g/mol. The Morgan fingerprint density at radius 1 is 1.16 bits per heavy atom. The second kappa shape index (κ2) is 9.25. The number of aryl methyl sites for hydroxylation is 2. The zero-order chi connectivity index (χ0) is 18.4. The Bertz CT molecular complexity index is 762. The monoisotopic (exact) mass is 422 g/mol. The second-order valence-electron chi connectivity index (χ2n) is 5.96. The minimum absolute atomic E-state index is 0.628. The SMILES string of the molecule is CCCN(C=Nc1cc(C)c(Oc2ccc(Br)c(Cl)c2)cc1C)CC. The number of nitrogens with zero attached hydrogens (tertiary/aromatic N) is 2. The van der Waals surface area contributed by atoms with E-state index in [4.69, 9.17) is 16.3 Å². The number of ether oxygens (including phenoxy) is 1. The van der Waals surface area contributed by atoms with Crippen LogP contribution in [0.25, 0.3) is 0 Å². The number of rotatable bonds is 7. The van der Waals surface area contributed by atoms with Crippen molar-refractivity contribution in [1.82, 2.24) is 4.90 Å². The fourth-order valence-corrected chi connectivity index (χ4v) is 2.84. The van der Waals surface area contributed by atoms with Crippen LogP contribution in [-0.2, 0) is 0 Å². The Labute approximate surface area is 163 Å². The van der Waals surface area contributed by atoms with E-state index in [2.05, 4.69) is 45.7 Å². The molecule has 0 aliphatic heterocycles. The molecule has 2 aromatic carbocycles. The Morgan fingerprint density at radius 3 is 2.56 bits per heavy atom. The first-order valence-electron chi connectivity index (χ1n) is 8.47. The summed E-state index contributed by atoms with van der Waals surface area (Å²) < 4.78 is 6.85. The van der Waals surface area contributed by atoms with Gasteiger partial charge in [-0.2, -0.15) is 0 Å². The minimum atomic E-state index is 0.628. The van der Waals surface area contributed by atoms with E-state index in [9.17, 15) is 0 Å². The van der Waals surface area contributed by atoms with Crippen molar-refractivity contribution in [1.29, 1.82) is 0 Å². The van der Waals surface area contributed by atoms with E-state index < -0.39 is 0 Å². The third-order valence-electron chi connectivity index (χ3n) is 3.89. The van der Waals surface area contributed by atoms with Gasteiger partial charge >= 0.3 is 0 Å². The number of hydrogen-bond donors (Lipinski definition) is 0. The van der Waals surface area contributed by atoms with Crippen molar-refractivity contribution in [2.24, 2.45) is 4.99 Å². The highest BCUT2D eigenvalue weighted by Gasteiger charge is 2.08. The van der Waals surface area contributed by atoms with Crippen LogP contribution in [0.2, 0.25) is 5.02 Å². The standard InChI is InChI=1S/C20H24BrClN2O/c1-5-9-24(6-2)13-23-19-10-15(4)20(11-14(19)3)25-16-7-8-17(21)18(22)12-16/h7-8,10-13H,5-6,9H2,1-4H3. The van der Waals surface area contributed by atoms with Gasteiger partial charge in [0.1, 0.15) is 11.5 Å². The van der Waals surface area contributed by atoms with Crippen LogP contribution in [0, 0.1) is 13.8 Å². The van der Waals surface area contributed by atoms with Crippen LogP contribution in [-0.4, -0.2) is 24.3 Å². The van der Waals surface area contributed by atoms with E-state index in [-0.39, 0.29) is 0 Å². The maximum absolute atomic E-state index is 6.14. The maximum atomic E-state index is 6.14. The number of halogens is 2. The van der Waals surface area contributed by atoms with Gasteiger partial charge in [-0.05, 0) is 78.5 Å². The Morgan fingerprint density at radius 2 is 1.92 bits per heavy atom. The average Bonchev–Trinajstić information content (AvgIpc) is 2.58. The summed E-state index contributed by atoms with van der Waals surface area (Å²) in [5.41, 5.74) is 3.08. The number of hydrogen-bond acceptors (Lipinski definition) is 2. The lowest BCUT2D eigenvalue weighted by Crippen LogP contribution is -2.21. The van der Waals surface area contributed by atoms with Crippen molar-refractivity contribution in [3.63, 3.8) is 0 Å². The molecular formula is C20H24BrClN2O. The Hall–Kier alpha value is -1.52. The summed E-state index contributed by atoms with van der Waals surface area (Å²) >= 11 is 9.52. The third-order valence-corrected chi connectivity index (χ3v) is 5.12. The number of aliphatic imine (C=N–C) groups is 1. The zero-order valence-electron chi connectivity index (χ0n) is 15.1. The molecule has 0 unspecified atom stereocenters. The molecule has 0 radical (unpaired) electrons. The van der Waals surface area contributed by atoms with E-state index in [1.807, 2.05) is 38.4 Å². The lowest BCUT2D eigenvalue weighted by atomic mass is 10.1. The molecule has 2 rings (SSSR count). The summed E-state index contributed by atoms with van der Waals surface area (Å²) in [6, 6.07) is 9.65. The van der Waals surface area contributed by atoms with Crippen LogP contribution in [0.15, 0.2) is 39.8 Å². The van der Waals surface area contributed by atoms with Crippen LogP contribution in [0.5, 0.6) is 11.5 Å². The molecule has 0 aliphatic carbocycles. The van der Waals surface area contributed by atoms with Crippen LogP contribution in [0.1, 0.15) is 31.4 Å². The fraction of sp³-hybridized carbons (Fsp3) is 0.350. The first kappa shape index (κ1) is 19.8. The molecule has 0 spiro atoms.